The lowest BCUT2D eigenvalue weighted by molar-refractivity contribution is -0.131. The van der Waals surface area contributed by atoms with Gasteiger partial charge in [0.15, 0.2) is 0 Å². The molecule has 0 heterocycles. The fourth-order valence-electron chi connectivity index (χ4n) is 1.37. The van der Waals surface area contributed by atoms with Crippen LogP contribution in [-0.4, -0.2) is 31.9 Å². The molecule has 0 atom stereocenters. The van der Waals surface area contributed by atoms with Gasteiger partial charge in [0.2, 0.25) is 15.9 Å². The first-order valence-electron chi connectivity index (χ1n) is 6.17. The first-order chi connectivity index (χ1) is 9.85. The molecule has 0 aliphatic rings. The second-order valence-corrected chi connectivity index (χ2v) is 5.85. The Morgan fingerprint density at radius 3 is 2.33 bits per heavy atom. The zero-order valence-electron chi connectivity index (χ0n) is 11.4. The molecule has 0 spiro atoms. The van der Waals surface area contributed by atoms with E-state index in [1.807, 2.05) is 6.92 Å². The molecule has 0 bridgehead atoms. The lowest BCUT2D eigenvalue weighted by Crippen LogP contribution is -2.24. The Morgan fingerprint density at radius 1 is 1.19 bits per heavy atom. The standard InChI is InChI=1S/C13H16N2O5S/c1-2-9-14-21(19,20)11-5-3-10(4-6-11)15-12(16)7-8-13(17)18/h3-8,14H,2,9H2,1H3,(H,15,16)(H,17,18)/b8-7+. The van der Waals surface area contributed by atoms with E-state index in [0.717, 1.165) is 6.08 Å². The summed E-state index contributed by atoms with van der Waals surface area (Å²) < 4.78 is 26.1. The van der Waals surface area contributed by atoms with Crippen molar-refractivity contribution in [3.05, 3.63) is 36.4 Å². The number of carbonyl (C=O) groups excluding carboxylic acids is 1. The van der Waals surface area contributed by atoms with Crippen LogP contribution in [-0.2, 0) is 19.6 Å². The fourth-order valence-corrected chi connectivity index (χ4v) is 2.50. The van der Waals surface area contributed by atoms with Crippen molar-refractivity contribution in [1.82, 2.24) is 4.72 Å². The van der Waals surface area contributed by atoms with E-state index in [4.69, 9.17) is 5.11 Å². The van der Waals surface area contributed by atoms with Crippen molar-refractivity contribution in [2.75, 3.05) is 11.9 Å². The van der Waals surface area contributed by atoms with Crippen molar-refractivity contribution in [2.45, 2.75) is 18.2 Å². The molecule has 0 unspecified atom stereocenters. The highest BCUT2D eigenvalue weighted by atomic mass is 32.2. The Bertz CT molecular complexity index is 635. The van der Waals surface area contributed by atoms with Gasteiger partial charge in [-0.05, 0) is 30.7 Å². The van der Waals surface area contributed by atoms with Crippen LogP contribution in [0.1, 0.15) is 13.3 Å². The zero-order valence-corrected chi connectivity index (χ0v) is 12.2. The minimum absolute atomic E-state index is 0.0926. The highest BCUT2D eigenvalue weighted by Gasteiger charge is 2.12. The van der Waals surface area contributed by atoms with E-state index >= 15 is 0 Å². The predicted molar refractivity (Wildman–Crippen MR) is 77.3 cm³/mol. The van der Waals surface area contributed by atoms with E-state index < -0.39 is 21.9 Å². The summed E-state index contributed by atoms with van der Waals surface area (Å²) in [7, 11) is -3.54. The molecule has 0 aliphatic carbocycles. The third kappa shape index (κ3) is 5.76. The van der Waals surface area contributed by atoms with Gasteiger partial charge in [-0.2, -0.15) is 0 Å². The molecule has 7 nitrogen and oxygen atoms in total. The molecule has 1 rings (SSSR count). The third-order valence-electron chi connectivity index (χ3n) is 2.35. The van der Waals surface area contributed by atoms with Crippen LogP contribution in [0.15, 0.2) is 41.3 Å². The van der Waals surface area contributed by atoms with Crippen molar-refractivity contribution in [3.8, 4) is 0 Å². The van der Waals surface area contributed by atoms with Gasteiger partial charge in [-0.3, -0.25) is 4.79 Å². The molecule has 3 N–H and O–H groups in total. The number of nitrogens with one attached hydrogen (secondary N) is 2. The summed E-state index contributed by atoms with van der Waals surface area (Å²) in [5.74, 6) is -1.84. The number of amides is 1. The van der Waals surface area contributed by atoms with Gasteiger partial charge in [-0.25, -0.2) is 17.9 Å². The summed E-state index contributed by atoms with van der Waals surface area (Å²) in [6, 6.07) is 5.56. The van der Waals surface area contributed by atoms with Crippen molar-refractivity contribution in [2.24, 2.45) is 0 Å². The second kappa shape index (κ2) is 7.55. The summed E-state index contributed by atoms with van der Waals surface area (Å²) in [6.45, 7) is 2.20. The van der Waals surface area contributed by atoms with Gasteiger partial charge in [-0.1, -0.05) is 6.92 Å². The van der Waals surface area contributed by atoms with E-state index in [2.05, 4.69) is 10.0 Å². The average molecular weight is 312 g/mol. The zero-order chi connectivity index (χ0) is 15.9. The largest absolute Gasteiger partial charge is 0.478 e. The van der Waals surface area contributed by atoms with Crippen LogP contribution in [0.25, 0.3) is 0 Å². The highest BCUT2D eigenvalue weighted by molar-refractivity contribution is 7.89. The predicted octanol–water partition coefficient (Wildman–Crippen LogP) is 0.954. The molecule has 0 aliphatic heterocycles. The summed E-state index contributed by atoms with van der Waals surface area (Å²) in [6.07, 6.45) is 2.27. The maximum absolute atomic E-state index is 11.8. The molecule has 0 fully saturated rings. The number of aliphatic carboxylic acids is 1. The van der Waals surface area contributed by atoms with Crippen LogP contribution < -0.4 is 10.0 Å². The SMILES string of the molecule is CCCNS(=O)(=O)c1ccc(NC(=O)/C=C/C(=O)O)cc1. The number of sulfonamides is 1. The number of anilines is 1. The van der Waals surface area contributed by atoms with Crippen LogP contribution in [0.3, 0.4) is 0 Å². The molecule has 21 heavy (non-hydrogen) atoms. The van der Waals surface area contributed by atoms with Gasteiger partial charge in [0.1, 0.15) is 0 Å². The number of carboxylic acid groups (broad SMARTS) is 1. The maximum Gasteiger partial charge on any atom is 0.328 e. The average Bonchev–Trinajstić information content (AvgIpc) is 2.43. The van der Waals surface area contributed by atoms with E-state index in [0.29, 0.717) is 24.7 Å². The summed E-state index contributed by atoms with van der Waals surface area (Å²) in [4.78, 5) is 21.7. The molecule has 0 saturated carbocycles. The van der Waals surface area contributed by atoms with E-state index in [1.54, 1.807) is 0 Å². The molecule has 1 aromatic carbocycles. The molecule has 1 amide bonds. The Labute approximate surface area is 122 Å². The van der Waals surface area contributed by atoms with Gasteiger partial charge in [0.05, 0.1) is 4.90 Å². The van der Waals surface area contributed by atoms with E-state index in [9.17, 15) is 18.0 Å². The first-order valence-corrected chi connectivity index (χ1v) is 7.65. The van der Waals surface area contributed by atoms with Crippen LogP contribution in [0.5, 0.6) is 0 Å². The van der Waals surface area contributed by atoms with Gasteiger partial charge in [-0.15, -0.1) is 0 Å². The van der Waals surface area contributed by atoms with Crippen molar-refractivity contribution < 1.29 is 23.1 Å². The lowest BCUT2D eigenvalue weighted by atomic mass is 10.3. The fraction of sp³-hybridized carbons (Fsp3) is 0.231. The monoisotopic (exact) mass is 312 g/mol. The van der Waals surface area contributed by atoms with E-state index in [-0.39, 0.29) is 4.90 Å². The van der Waals surface area contributed by atoms with Gasteiger partial charge in [0, 0.05) is 24.4 Å². The third-order valence-corrected chi connectivity index (χ3v) is 3.83. The Kier molecular flexibility index (Phi) is 6.07. The molecular formula is C13H16N2O5S. The number of hydrogen-bond acceptors (Lipinski definition) is 4. The summed E-state index contributed by atoms with van der Waals surface area (Å²) >= 11 is 0. The Morgan fingerprint density at radius 2 is 1.81 bits per heavy atom. The number of carboxylic acids is 1. The topological polar surface area (TPSA) is 113 Å². The number of carbonyl (C=O) groups is 2. The van der Waals surface area contributed by atoms with Gasteiger partial charge in [0.25, 0.3) is 0 Å². The molecule has 0 saturated heterocycles. The molecule has 0 aromatic heterocycles. The van der Waals surface area contributed by atoms with Gasteiger partial charge >= 0.3 is 5.97 Å². The van der Waals surface area contributed by atoms with Crippen LogP contribution >= 0.6 is 0 Å². The van der Waals surface area contributed by atoms with Crippen LogP contribution in [0, 0.1) is 0 Å². The first kappa shape index (κ1) is 16.9. The molecule has 0 radical (unpaired) electrons. The van der Waals surface area contributed by atoms with Crippen molar-refractivity contribution in [1.29, 1.82) is 0 Å². The van der Waals surface area contributed by atoms with Crippen molar-refractivity contribution in [3.63, 3.8) is 0 Å². The molecule has 114 valence electrons. The minimum atomic E-state index is -3.54. The van der Waals surface area contributed by atoms with Crippen molar-refractivity contribution >= 4 is 27.6 Å². The molecular weight excluding hydrogens is 296 g/mol. The number of hydrogen-bond donors (Lipinski definition) is 3. The summed E-state index contributed by atoms with van der Waals surface area (Å²) in [5.41, 5.74) is 0.365. The normalized spacial score (nSPS) is 11.5. The number of benzene rings is 1. The lowest BCUT2D eigenvalue weighted by Gasteiger charge is -2.07. The Balaban J connectivity index is 2.74. The highest BCUT2D eigenvalue weighted by Crippen LogP contribution is 2.14. The van der Waals surface area contributed by atoms with Gasteiger partial charge < -0.3 is 10.4 Å². The van der Waals surface area contributed by atoms with Crippen LogP contribution in [0.4, 0.5) is 5.69 Å². The molecule has 8 heteroatoms. The van der Waals surface area contributed by atoms with Crippen LogP contribution in [0.2, 0.25) is 0 Å². The Hall–Kier alpha value is -2.19. The smallest absolute Gasteiger partial charge is 0.328 e. The number of rotatable bonds is 7. The summed E-state index contributed by atoms with van der Waals surface area (Å²) in [5, 5.41) is 10.8. The quantitative estimate of drug-likeness (QED) is 0.649. The second-order valence-electron chi connectivity index (χ2n) is 4.08. The molecule has 1 aromatic rings. The van der Waals surface area contributed by atoms with E-state index in [1.165, 1.54) is 24.3 Å². The minimum Gasteiger partial charge on any atom is -0.478 e. The maximum atomic E-state index is 11.8.